The summed E-state index contributed by atoms with van der Waals surface area (Å²) in [6.45, 7) is 0.256. The molecule has 20 heavy (non-hydrogen) atoms. The third kappa shape index (κ3) is 1.77. The molecular formula is C15H9ClN2O2. The Kier molecular flexibility index (Phi) is 2.50. The number of aromatic nitrogens is 2. The van der Waals surface area contributed by atoms with Crippen molar-refractivity contribution in [1.82, 2.24) is 9.97 Å². The normalized spacial score (nSPS) is 12.8. The highest BCUT2D eigenvalue weighted by Crippen LogP contribution is 2.38. The van der Waals surface area contributed by atoms with Crippen molar-refractivity contribution in [3.63, 3.8) is 0 Å². The molecule has 0 fully saturated rings. The van der Waals surface area contributed by atoms with Gasteiger partial charge < -0.3 is 9.47 Å². The van der Waals surface area contributed by atoms with Crippen LogP contribution in [0.15, 0.2) is 42.6 Å². The van der Waals surface area contributed by atoms with Crippen LogP contribution in [0.5, 0.6) is 11.5 Å². The zero-order valence-electron chi connectivity index (χ0n) is 10.3. The Balaban J connectivity index is 1.91. The van der Waals surface area contributed by atoms with Gasteiger partial charge in [-0.1, -0.05) is 17.7 Å². The fraction of sp³-hybridized carbons (Fsp3) is 0.0667. The fourth-order valence-corrected chi connectivity index (χ4v) is 2.49. The van der Waals surface area contributed by atoms with Gasteiger partial charge >= 0.3 is 0 Å². The second kappa shape index (κ2) is 4.35. The minimum atomic E-state index is 0.256. The molecule has 5 heteroatoms. The van der Waals surface area contributed by atoms with Crippen molar-refractivity contribution in [2.45, 2.75) is 0 Å². The summed E-state index contributed by atoms with van der Waals surface area (Å²) in [6.07, 6.45) is 1.70. The predicted octanol–water partition coefficient (Wildman–Crippen LogP) is 3.68. The standard InChI is InChI=1S/C15H9ClN2O2/c16-14-11(6-10-2-1-5-17-15(10)18-14)9-3-4-12-13(7-9)20-8-19-12/h1-7H,8H2. The lowest BCUT2D eigenvalue weighted by Gasteiger charge is -2.06. The first-order chi connectivity index (χ1) is 9.81. The van der Waals surface area contributed by atoms with Crippen molar-refractivity contribution >= 4 is 22.6 Å². The Hall–Kier alpha value is -2.33. The molecule has 98 valence electrons. The minimum absolute atomic E-state index is 0.256. The third-order valence-corrected chi connectivity index (χ3v) is 3.51. The average molecular weight is 285 g/mol. The summed E-state index contributed by atoms with van der Waals surface area (Å²) >= 11 is 6.27. The average Bonchev–Trinajstić information content (AvgIpc) is 2.94. The maximum absolute atomic E-state index is 6.27. The van der Waals surface area contributed by atoms with Crippen LogP contribution in [0.25, 0.3) is 22.2 Å². The van der Waals surface area contributed by atoms with Gasteiger partial charge in [0, 0.05) is 17.1 Å². The minimum Gasteiger partial charge on any atom is -0.454 e. The number of hydrogen-bond donors (Lipinski definition) is 0. The van der Waals surface area contributed by atoms with Crippen molar-refractivity contribution in [3.8, 4) is 22.6 Å². The molecule has 0 saturated heterocycles. The number of ether oxygens (including phenoxy) is 2. The zero-order chi connectivity index (χ0) is 13.5. The SMILES string of the molecule is Clc1nc2ncccc2cc1-c1ccc2c(c1)OCO2. The van der Waals surface area contributed by atoms with Crippen molar-refractivity contribution in [2.24, 2.45) is 0 Å². The molecule has 0 bridgehead atoms. The molecule has 2 aromatic heterocycles. The van der Waals surface area contributed by atoms with E-state index in [9.17, 15) is 0 Å². The van der Waals surface area contributed by atoms with Gasteiger partial charge in [0.15, 0.2) is 17.1 Å². The van der Waals surface area contributed by atoms with E-state index in [1.165, 1.54) is 0 Å². The molecule has 0 N–H and O–H groups in total. The number of halogens is 1. The monoisotopic (exact) mass is 284 g/mol. The summed E-state index contributed by atoms with van der Waals surface area (Å²) < 4.78 is 10.7. The largest absolute Gasteiger partial charge is 0.454 e. The summed E-state index contributed by atoms with van der Waals surface area (Å²) in [7, 11) is 0. The second-order valence-electron chi connectivity index (χ2n) is 4.44. The molecule has 0 spiro atoms. The van der Waals surface area contributed by atoms with Crippen LogP contribution < -0.4 is 9.47 Å². The van der Waals surface area contributed by atoms with Crippen LogP contribution in [-0.2, 0) is 0 Å². The van der Waals surface area contributed by atoms with Crippen LogP contribution in [0.1, 0.15) is 0 Å². The van der Waals surface area contributed by atoms with Gasteiger partial charge in [-0.05, 0) is 35.9 Å². The summed E-state index contributed by atoms with van der Waals surface area (Å²) in [5, 5.41) is 1.37. The molecule has 3 heterocycles. The molecule has 0 amide bonds. The Bertz CT molecular complexity index is 820. The van der Waals surface area contributed by atoms with Crippen LogP contribution in [0, 0.1) is 0 Å². The van der Waals surface area contributed by atoms with Crippen molar-refractivity contribution in [1.29, 1.82) is 0 Å². The van der Waals surface area contributed by atoms with Crippen molar-refractivity contribution < 1.29 is 9.47 Å². The zero-order valence-corrected chi connectivity index (χ0v) is 11.1. The van der Waals surface area contributed by atoms with E-state index < -0.39 is 0 Å². The Morgan fingerprint density at radius 2 is 1.95 bits per heavy atom. The molecule has 4 rings (SSSR count). The molecule has 0 saturated carbocycles. The van der Waals surface area contributed by atoms with Crippen molar-refractivity contribution in [3.05, 3.63) is 47.7 Å². The number of fused-ring (bicyclic) bond motifs is 2. The second-order valence-corrected chi connectivity index (χ2v) is 4.80. The molecular weight excluding hydrogens is 276 g/mol. The highest BCUT2D eigenvalue weighted by atomic mass is 35.5. The van der Waals surface area contributed by atoms with E-state index in [0.717, 1.165) is 28.0 Å². The smallest absolute Gasteiger partial charge is 0.231 e. The first-order valence-corrected chi connectivity index (χ1v) is 6.50. The molecule has 1 aromatic carbocycles. The summed E-state index contributed by atoms with van der Waals surface area (Å²) in [5.74, 6) is 1.48. The van der Waals surface area contributed by atoms with Gasteiger partial charge in [-0.25, -0.2) is 9.97 Å². The van der Waals surface area contributed by atoms with Crippen LogP contribution in [-0.4, -0.2) is 16.8 Å². The fourth-order valence-electron chi connectivity index (χ4n) is 2.25. The summed E-state index contributed by atoms with van der Waals surface area (Å²) in [6, 6.07) is 11.5. The predicted molar refractivity (Wildman–Crippen MR) is 76.1 cm³/mol. The molecule has 1 aliphatic rings. The van der Waals surface area contributed by atoms with E-state index in [1.54, 1.807) is 6.20 Å². The van der Waals surface area contributed by atoms with Crippen LogP contribution >= 0.6 is 11.6 Å². The highest BCUT2D eigenvalue weighted by molar-refractivity contribution is 6.32. The summed E-state index contributed by atoms with van der Waals surface area (Å²) in [5.41, 5.74) is 2.44. The molecule has 0 radical (unpaired) electrons. The third-order valence-electron chi connectivity index (χ3n) is 3.23. The van der Waals surface area contributed by atoms with Crippen molar-refractivity contribution in [2.75, 3.05) is 6.79 Å². The maximum Gasteiger partial charge on any atom is 0.231 e. The Morgan fingerprint density at radius 1 is 1.05 bits per heavy atom. The van der Waals surface area contributed by atoms with Crippen LogP contribution in [0.4, 0.5) is 0 Å². The Morgan fingerprint density at radius 3 is 2.90 bits per heavy atom. The molecule has 1 aliphatic heterocycles. The van der Waals surface area contributed by atoms with E-state index >= 15 is 0 Å². The number of benzene rings is 1. The quantitative estimate of drug-likeness (QED) is 0.640. The molecule has 0 aliphatic carbocycles. The van der Waals surface area contributed by atoms with Gasteiger partial charge in [0.25, 0.3) is 0 Å². The Labute approximate surface area is 119 Å². The topological polar surface area (TPSA) is 44.2 Å². The lowest BCUT2D eigenvalue weighted by atomic mass is 10.1. The molecule has 3 aromatic rings. The van der Waals surface area contributed by atoms with Gasteiger partial charge in [0.1, 0.15) is 5.15 Å². The van der Waals surface area contributed by atoms with E-state index in [2.05, 4.69) is 9.97 Å². The van der Waals surface area contributed by atoms with Gasteiger partial charge in [0.2, 0.25) is 6.79 Å². The van der Waals surface area contributed by atoms with Gasteiger partial charge in [-0.2, -0.15) is 0 Å². The molecule has 4 nitrogen and oxygen atoms in total. The van der Waals surface area contributed by atoms with E-state index in [0.29, 0.717) is 10.8 Å². The lowest BCUT2D eigenvalue weighted by molar-refractivity contribution is 0.174. The lowest BCUT2D eigenvalue weighted by Crippen LogP contribution is -1.92. The van der Waals surface area contributed by atoms with Crippen LogP contribution in [0.3, 0.4) is 0 Å². The first-order valence-electron chi connectivity index (χ1n) is 6.12. The van der Waals surface area contributed by atoms with Gasteiger partial charge in [0.05, 0.1) is 0 Å². The maximum atomic E-state index is 6.27. The summed E-state index contributed by atoms with van der Waals surface area (Å²) in [4.78, 5) is 8.52. The number of pyridine rings is 2. The molecule has 0 atom stereocenters. The van der Waals surface area contributed by atoms with E-state index in [1.807, 2.05) is 36.4 Å². The number of rotatable bonds is 1. The highest BCUT2D eigenvalue weighted by Gasteiger charge is 2.15. The van der Waals surface area contributed by atoms with Crippen LogP contribution in [0.2, 0.25) is 5.15 Å². The van der Waals surface area contributed by atoms with E-state index in [-0.39, 0.29) is 6.79 Å². The number of nitrogens with zero attached hydrogens (tertiary/aromatic N) is 2. The van der Waals surface area contributed by atoms with Gasteiger partial charge in [-0.15, -0.1) is 0 Å². The first kappa shape index (κ1) is 11.5. The number of hydrogen-bond acceptors (Lipinski definition) is 4. The molecule has 0 unspecified atom stereocenters. The van der Waals surface area contributed by atoms with E-state index in [4.69, 9.17) is 21.1 Å². The van der Waals surface area contributed by atoms with Gasteiger partial charge in [-0.3, -0.25) is 0 Å².